The molecule has 1 aromatic carbocycles. The van der Waals surface area contributed by atoms with Crippen molar-refractivity contribution in [2.24, 2.45) is 0 Å². The normalized spacial score (nSPS) is 12.0. The summed E-state index contributed by atoms with van der Waals surface area (Å²) in [5, 5.41) is 3.37. The highest BCUT2D eigenvalue weighted by Gasteiger charge is 2.19. The summed E-state index contributed by atoms with van der Waals surface area (Å²) in [5.41, 5.74) is 1.28. The van der Waals surface area contributed by atoms with Crippen molar-refractivity contribution in [2.75, 3.05) is 18.1 Å². The van der Waals surface area contributed by atoms with Crippen molar-refractivity contribution >= 4 is 29.7 Å². The molecule has 2 N–H and O–H groups in total. The van der Waals surface area contributed by atoms with E-state index >= 15 is 0 Å². The predicted molar refractivity (Wildman–Crippen MR) is 108 cm³/mol. The molecule has 0 bridgehead atoms. The standard InChI is InChI=1S/C18H32N2O3SSi/c1-5-6-7-14-25(3,4)15-8-13-19-17-11-9-16(10-12-17)18(21)20-24(2,22)23/h9-12,19H,5-8,13-15H2,1-4H3,(H,20,21). The van der Waals surface area contributed by atoms with Crippen LogP contribution in [0.4, 0.5) is 5.69 Å². The van der Waals surface area contributed by atoms with Crippen LogP contribution in [0.15, 0.2) is 24.3 Å². The first-order valence-electron chi connectivity index (χ1n) is 8.99. The molecule has 0 atom stereocenters. The molecule has 25 heavy (non-hydrogen) atoms. The lowest BCUT2D eigenvalue weighted by Gasteiger charge is -2.22. The maximum atomic E-state index is 11.7. The summed E-state index contributed by atoms with van der Waals surface area (Å²) in [6.45, 7) is 8.10. The average Bonchev–Trinajstić information content (AvgIpc) is 2.50. The van der Waals surface area contributed by atoms with Crippen LogP contribution in [0, 0.1) is 0 Å². The Kier molecular flexibility index (Phi) is 8.65. The maximum absolute atomic E-state index is 11.7. The molecule has 0 aliphatic heterocycles. The van der Waals surface area contributed by atoms with Crippen molar-refractivity contribution in [3.8, 4) is 0 Å². The van der Waals surface area contributed by atoms with Crippen LogP contribution < -0.4 is 10.0 Å². The van der Waals surface area contributed by atoms with E-state index in [0.717, 1.165) is 24.9 Å². The van der Waals surface area contributed by atoms with Gasteiger partial charge in [-0.2, -0.15) is 0 Å². The van der Waals surface area contributed by atoms with Crippen LogP contribution in [-0.4, -0.2) is 35.2 Å². The van der Waals surface area contributed by atoms with E-state index in [1.165, 1.54) is 31.4 Å². The van der Waals surface area contributed by atoms with Crippen LogP contribution in [0.2, 0.25) is 25.2 Å². The smallest absolute Gasteiger partial charge is 0.264 e. The Hall–Kier alpha value is -1.34. The third-order valence-corrected chi connectivity index (χ3v) is 8.21. The largest absolute Gasteiger partial charge is 0.385 e. The number of sulfonamides is 1. The molecule has 5 nitrogen and oxygen atoms in total. The highest BCUT2D eigenvalue weighted by molar-refractivity contribution is 7.89. The van der Waals surface area contributed by atoms with Gasteiger partial charge in [0, 0.05) is 25.9 Å². The summed E-state index contributed by atoms with van der Waals surface area (Å²) in [6, 6.07) is 9.60. The molecule has 0 aromatic heterocycles. The summed E-state index contributed by atoms with van der Waals surface area (Å²) in [7, 11) is -4.61. The first-order chi connectivity index (χ1) is 11.6. The van der Waals surface area contributed by atoms with E-state index in [1.54, 1.807) is 24.3 Å². The number of benzene rings is 1. The lowest BCUT2D eigenvalue weighted by atomic mass is 10.2. The third kappa shape index (κ3) is 9.65. The van der Waals surface area contributed by atoms with E-state index in [-0.39, 0.29) is 0 Å². The molecule has 142 valence electrons. The van der Waals surface area contributed by atoms with Gasteiger partial charge in [0.2, 0.25) is 10.0 Å². The highest BCUT2D eigenvalue weighted by Crippen LogP contribution is 2.21. The van der Waals surface area contributed by atoms with Crippen molar-refractivity contribution in [2.45, 2.75) is 57.8 Å². The summed E-state index contributed by atoms with van der Waals surface area (Å²) < 4.78 is 24.1. The van der Waals surface area contributed by atoms with Crippen LogP contribution in [-0.2, 0) is 10.0 Å². The summed E-state index contributed by atoms with van der Waals surface area (Å²) in [5.74, 6) is -0.603. The second kappa shape index (κ2) is 9.96. The van der Waals surface area contributed by atoms with E-state index in [0.29, 0.717) is 5.56 Å². The average molecular weight is 385 g/mol. The Morgan fingerprint density at radius 3 is 2.20 bits per heavy atom. The quantitative estimate of drug-likeness (QED) is 0.445. The number of unbranched alkanes of at least 4 members (excludes halogenated alkanes) is 2. The molecule has 7 heteroatoms. The second-order valence-corrected chi connectivity index (χ2v) is 14.5. The zero-order valence-corrected chi connectivity index (χ0v) is 17.7. The molecule has 0 heterocycles. The lowest BCUT2D eigenvalue weighted by Crippen LogP contribution is -2.29. The van der Waals surface area contributed by atoms with E-state index in [4.69, 9.17) is 0 Å². The number of anilines is 1. The summed E-state index contributed by atoms with van der Waals surface area (Å²) in [6.07, 6.45) is 6.11. The molecule has 0 spiro atoms. The van der Waals surface area contributed by atoms with Gasteiger partial charge in [-0.3, -0.25) is 4.79 Å². The molecular formula is C18H32N2O3SSi. The van der Waals surface area contributed by atoms with Crippen molar-refractivity contribution in [3.05, 3.63) is 29.8 Å². The predicted octanol–water partition coefficient (Wildman–Crippen LogP) is 4.08. The molecule has 0 aliphatic carbocycles. The van der Waals surface area contributed by atoms with Gasteiger partial charge in [0.05, 0.1) is 6.26 Å². The van der Waals surface area contributed by atoms with Crippen LogP contribution >= 0.6 is 0 Å². The Balaban J connectivity index is 2.38. The van der Waals surface area contributed by atoms with Crippen molar-refractivity contribution in [3.63, 3.8) is 0 Å². The van der Waals surface area contributed by atoms with Gasteiger partial charge in [-0.25, -0.2) is 13.1 Å². The van der Waals surface area contributed by atoms with E-state index in [9.17, 15) is 13.2 Å². The van der Waals surface area contributed by atoms with Gasteiger partial charge in [-0.1, -0.05) is 51.4 Å². The van der Waals surface area contributed by atoms with Crippen molar-refractivity contribution in [1.29, 1.82) is 0 Å². The number of hydrogen-bond acceptors (Lipinski definition) is 4. The Bertz CT molecular complexity index is 643. The van der Waals surface area contributed by atoms with Crippen LogP contribution in [0.5, 0.6) is 0 Å². The van der Waals surface area contributed by atoms with Crippen LogP contribution in [0.3, 0.4) is 0 Å². The monoisotopic (exact) mass is 384 g/mol. The highest BCUT2D eigenvalue weighted by atomic mass is 32.2. The number of carbonyl (C=O) groups excluding carboxylic acids is 1. The fourth-order valence-corrected chi connectivity index (χ4v) is 5.79. The third-order valence-electron chi connectivity index (χ3n) is 4.24. The number of carbonyl (C=O) groups is 1. The summed E-state index contributed by atoms with van der Waals surface area (Å²) in [4.78, 5) is 11.7. The van der Waals surface area contributed by atoms with E-state index < -0.39 is 24.0 Å². The number of amides is 1. The maximum Gasteiger partial charge on any atom is 0.264 e. The molecule has 0 saturated carbocycles. The fourth-order valence-electron chi connectivity index (χ4n) is 2.74. The Morgan fingerprint density at radius 2 is 1.64 bits per heavy atom. The minimum absolute atomic E-state index is 0.334. The van der Waals surface area contributed by atoms with Crippen molar-refractivity contribution in [1.82, 2.24) is 4.72 Å². The SMILES string of the molecule is CCCCC[Si](C)(C)CCCNc1ccc(C(=O)NS(C)(=O)=O)cc1. The van der Waals surface area contributed by atoms with Gasteiger partial charge < -0.3 is 5.32 Å². The minimum Gasteiger partial charge on any atom is -0.385 e. The first kappa shape index (κ1) is 21.7. The van der Waals surface area contributed by atoms with Gasteiger partial charge in [0.25, 0.3) is 5.91 Å². The first-order valence-corrected chi connectivity index (χ1v) is 14.3. The molecule has 0 fully saturated rings. The molecule has 0 saturated heterocycles. The van der Waals surface area contributed by atoms with Gasteiger partial charge in [-0.15, -0.1) is 0 Å². The molecule has 1 amide bonds. The van der Waals surface area contributed by atoms with Gasteiger partial charge in [-0.05, 0) is 30.7 Å². The molecule has 0 aliphatic rings. The van der Waals surface area contributed by atoms with E-state index in [1.807, 2.05) is 4.72 Å². The van der Waals surface area contributed by atoms with Crippen molar-refractivity contribution < 1.29 is 13.2 Å². The second-order valence-electron chi connectivity index (χ2n) is 7.43. The number of hydrogen-bond donors (Lipinski definition) is 2. The number of nitrogens with one attached hydrogen (secondary N) is 2. The molecular weight excluding hydrogens is 352 g/mol. The molecule has 0 unspecified atom stereocenters. The van der Waals surface area contributed by atoms with Crippen LogP contribution in [0.1, 0.15) is 43.0 Å². The van der Waals surface area contributed by atoms with Gasteiger partial charge >= 0.3 is 0 Å². The van der Waals surface area contributed by atoms with Crippen LogP contribution in [0.25, 0.3) is 0 Å². The lowest BCUT2D eigenvalue weighted by molar-refractivity contribution is 0.0981. The Morgan fingerprint density at radius 1 is 1.04 bits per heavy atom. The molecule has 1 rings (SSSR count). The Labute approximate surface area is 153 Å². The molecule has 0 radical (unpaired) electrons. The zero-order chi connectivity index (χ0) is 18.9. The zero-order valence-electron chi connectivity index (χ0n) is 15.9. The molecule has 1 aromatic rings. The van der Waals surface area contributed by atoms with Gasteiger partial charge in [0.15, 0.2) is 0 Å². The van der Waals surface area contributed by atoms with Gasteiger partial charge in [0.1, 0.15) is 0 Å². The minimum atomic E-state index is -3.53. The summed E-state index contributed by atoms with van der Waals surface area (Å²) >= 11 is 0. The fraction of sp³-hybridized carbons (Fsp3) is 0.611. The van der Waals surface area contributed by atoms with E-state index in [2.05, 4.69) is 25.3 Å². The number of rotatable bonds is 11. The topological polar surface area (TPSA) is 75.3 Å².